The van der Waals surface area contributed by atoms with Crippen molar-refractivity contribution in [3.63, 3.8) is 0 Å². The van der Waals surface area contributed by atoms with E-state index in [0.29, 0.717) is 6.42 Å². The van der Waals surface area contributed by atoms with Crippen LogP contribution in [-0.2, 0) is 32.0 Å². The molecule has 2 aromatic rings. The van der Waals surface area contributed by atoms with E-state index in [1.54, 1.807) is 24.3 Å². The van der Waals surface area contributed by atoms with Crippen LogP contribution in [0.1, 0.15) is 31.4 Å². The van der Waals surface area contributed by atoms with Gasteiger partial charge in [-0.1, -0.05) is 80.9 Å². The number of benzene rings is 2. The fourth-order valence-corrected chi connectivity index (χ4v) is 3.43. The molecule has 3 amide bonds. The Labute approximate surface area is 205 Å². The molecule has 0 aromatic heterocycles. The number of aliphatic carboxylic acids is 1. The third kappa shape index (κ3) is 9.21. The van der Waals surface area contributed by atoms with Crippen LogP contribution in [0.3, 0.4) is 0 Å². The van der Waals surface area contributed by atoms with Crippen LogP contribution in [0.2, 0.25) is 0 Å². The minimum absolute atomic E-state index is 0.0706. The van der Waals surface area contributed by atoms with Crippen LogP contribution in [0.5, 0.6) is 0 Å². The van der Waals surface area contributed by atoms with E-state index in [9.17, 15) is 24.3 Å². The molecule has 0 fully saturated rings. The SMILES string of the molecule is CCC(C)C(N)C(=O)NC(Cc1ccccc1)C(=O)NCC(=O)NC(Cc1ccccc1)C(=O)O. The number of amides is 3. The molecule has 2 aromatic carbocycles. The zero-order valence-electron chi connectivity index (χ0n) is 20.1. The minimum Gasteiger partial charge on any atom is -0.480 e. The maximum absolute atomic E-state index is 12.9. The second kappa shape index (κ2) is 13.9. The van der Waals surface area contributed by atoms with Crippen LogP contribution >= 0.6 is 0 Å². The van der Waals surface area contributed by atoms with Crippen LogP contribution in [0.4, 0.5) is 0 Å². The van der Waals surface area contributed by atoms with E-state index in [1.807, 2.05) is 50.2 Å². The summed E-state index contributed by atoms with van der Waals surface area (Å²) in [4.78, 5) is 49.5. The first kappa shape index (κ1) is 27.5. The van der Waals surface area contributed by atoms with Crippen molar-refractivity contribution in [3.8, 4) is 0 Å². The average molecular weight is 483 g/mol. The molecule has 0 aliphatic heterocycles. The molecule has 0 spiro atoms. The van der Waals surface area contributed by atoms with E-state index < -0.39 is 48.4 Å². The lowest BCUT2D eigenvalue weighted by Crippen LogP contribution is -2.55. The fourth-order valence-electron chi connectivity index (χ4n) is 3.43. The molecule has 0 radical (unpaired) electrons. The number of rotatable bonds is 13. The standard InChI is InChI=1S/C26H34N4O5/c1-3-17(2)23(27)25(33)30-20(14-18-10-6-4-7-11-18)24(32)28-16-22(31)29-21(26(34)35)15-19-12-8-5-9-13-19/h4-13,17,20-21,23H,3,14-16,27H2,1-2H3,(H,28,32)(H,29,31)(H,30,33)(H,34,35). The number of carboxylic acid groups (broad SMARTS) is 1. The second-order valence-electron chi connectivity index (χ2n) is 8.53. The first-order valence-electron chi connectivity index (χ1n) is 11.6. The van der Waals surface area contributed by atoms with Crippen molar-refractivity contribution in [3.05, 3.63) is 71.8 Å². The Kier molecular flexibility index (Phi) is 10.9. The van der Waals surface area contributed by atoms with Crippen molar-refractivity contribution in [1.82, 2.24) is 16.0 Å². The smallest absolute Gasteiger partial charge is 0.326 e. The third-order valence-corrected chi connectivity index (χ3v) is 5.81. The Morgan fingerprint density at radius 3 is 1.83 bits per heavy atom. The van der Waals surface area contributed by atoms with Gasteiger partial charge in [-0.05, 0) is 17.0 Å². The predicted octanol–water partition coefficient (Wildman–Crippen LogP) is 1.02. The molecule has 9 heteroatoms. The molecule has 2 rings (SSSR count). The van der Waals surface area contributed by atoms with E-state index in [1.165, 1.54) is 0 Å². The van der Waals surface area contributed by atoms with Gasteiger partial charge in [-0.3, -0.25) is 14.4 Å². The predicted molar refractivity (Wildman–Crippen MR) is 132 cm³/mol. The maximum atomic E-state index is 12.9. The van der Waals surface area contributed by atoms with Crippen molar-refractivity contribution < 1.29 is 24.3 Å². The molecule has 6 N–H and O–H groups in total. The number of carbonyl (C=O) groups is 4. The summed E-state index contributed by atoms with van der Waals surface area (Å²) in [5, 5.41) is 17.1. The third-order valence-electron chi connectivity index (χ3n) is 5.81. The van der Waals surface area contributed by atoms with Gasteiger partial charge >= 0.3 is 5.97 Å². The number of hydrogen-bond donors (Lipinski definition) is 5. The van der Waals surface area contributed by atoms with Gasteiger partial charge in [0.2, 0.25) is 17.7 Å². The summed E-state index contributed by atoms with van der Waals surface area (Å²) < 4.78 is 0. The molecule has 0 heterocycles. The molecule has 9 nitrogen and oxygen atoms in total. The molecular formula is C26H34N4O5. The van der Waals surface area contributed by atoms with Crippen LogP contribution in [-0.4, -0.2) is 53.5 Å². The highest BCUT2D eigenvalue weighted by Crippen LogP contribution is 2.08. The minimum atomic E-state index is -1.18. The van der Waals surface area contributed by atoms with E-state index >= 15 is 0 Å². The van der Waals surface area contributed by atoms with Gasteiger partial charge in [0, 0.05) is 12.8 Å². The van der Waals surface area contributed by atoms with Gasteiger partial charge in [0.25, 0.3) is 0 Å². The van der Waals surface area contributed by atoms with Gasteiger partial charge in [-0.15, -0.1) is 0 Å². The molecular weight excluding hydrogens is 448 g/mol. The van der Waals surface area contributed by atoms with Gasteiger partial charge < -0.3 is 26.8 Å². The fraction of sp³-hybridized carbons (Fsp3) is 0.385. The van der Waals surface area contributed by atoms with Gasteiger partial charge in [0.15, 0.2) is 0 Å². The van der Waals surface area contributed by atoms with Gasteiger partial charge in [0.05, 0.1) is 12.6 Å². The largest absolute Gasteiger partial charge is 0.480 e. The molecule has 4 atom stereocenters. The Bertz CT molecular complexity index is 984. The highest BCUT2D eigenvalue weighted by molar-refractivity contribution is 5.92. The zero-order valence-corrected chi connectivity index (χ0v) is 20.1. The summed E-state index contributed by atoms with van der Waals surface area (Å²) in [5.74, 6) is -2.92. The van der Waals surface area contributed by atoms with Crippen LogP contribution in [0, 0.1) is 5.92 Å². The van der Waals surface area contributed by atoms with E-state index in [0.717, 1.165) is 11.1 Å². The molecule has 0 saturated carbocycles. The Balaban J connectivity index is 2.01. The lowest BCUT2D eigenvalue weighted by Gasteiger charge is -2.23. The molecule has 0 saturated heterocycles. The van der Waals surface area contributed by atoms with Gasteiger partial charge in [0.1, 0.15) is 12.1 Å². The lowest BCUT2D eigenvalue weighted by atomic mass is 9.98. The van der Waals surface area contributed by atoms with Crippen LogP contribution in [0.15, 0.2) is 60.7 Å². The summed E-state index contributed by atoms with van der Waals surface area (Å²) in [6, 6.07) is 15.2. The highest BCUT2D eigenvalue weighted by Gasteiger charge is 2.27. The summed E-state index contributed by atoms with van der Waals surface area (Å²) in [6.45, 7) is 3.35. The molecule has 0 aliphatic rings. The zero-order chi connectivity index (χ0) is 25.8. The molecule has 35 heavy (non-hydrogen) atoms. The number of carbonyl (C=O) groups excluding carboxylic acids is 3. The Morgan fingerprint density at radius 1 is 0.829 bits per heavy atom. The number of hydrogen-bond acceptors (Lipinski definition) is 5. The van der Waals surface area contributed by atoms with Gasteiger partial charge in [-0.2, -0.15) is 0 Å². The summed E-state index contributed by atoms with van der Waals surface area (Å²) in [5.41, 5.74) is 7.60. The molecule has 0 aliphatic carbocycles. The monoisotopic (exact) mass is 482 g/mol. The van der Waals surface area contributed by atoms with Crippen molar-refractivity contribution in [1.29, 1.82) is 0 Å². The van der Waals surface area contributed by atoms with Crippen molar-refractivity contribution in [2.24, 2.45) is 11.7 Å². The first-order chi connectivity index (χ1) is 16.7. The van der Waals surface area contributed by atoms with Crippen LogP contribution < -0.4 is 21.7 Å². The van der Waals surface area contributed by atoms with Crippen LogP contribution in [0.25, 0.3) is 0 Å². The van der Waals surface area contributed by atoms with E-state index in [2.05, 4.69) is 16.0 Å². The molecule has 188 valence electrons. The lowest BCUT2D eigenvalue weighted by molar-refractivity contribution is -0.141. The van der Waals surface area contributed by atoms with Gasteiger partial charge in [-0.25, -0.2) is 4.79 Å². The quantitative estimate of drug-likeness (QED) is 0.288. The van der Waals surface area contributed by atoms with Crippen molar-refractivity contribution in [2.75, 3.05) is 6.54 Å². The van der Waals surface area contributed by atoms with Crippen molar-refractivity contribution >= 4 is 23.7 Å². The number of nitrogens with two attached hydrogens (primary N) is 1. The summed E-state index contributed by atoms with van der Waals surface area (Å²) in [6.07, 6.45) is 1.02. The topological polar surface area (TPSA) is 151 Å². The van der Waals surface area contributed by atoms with Crippen molar-refractivity contribution in [2.45, 2.75) is 51.2 Å². The molecule has 4 unspecified atom stereocenters. The Hall–Kier alpha value is -3.72. The molecule has 0 bridgehead atoms. The Morgan fingerprint density at radius 2 is 1.34 bits per heavy atom. The normalized spacial score (nSPS) is 14.1. The summed E-state index contributed by atoms with van der Waals surface area (Å²) >= 11 is 0. The summed E-state index contributed by atoms with van der Waals surface area (Å²) in [7, 11) is 0. The number of nitrogens with one attached hydrogen (secondary N) is 3. The number of carboxylic acids is 1. The highest BCUT2D eigenvalue weighted by atomic mass is 16.4. The second-order valence-corrected chi connectivity index (χ2v) is 8.53. The maximum Gasteiger partial charge on any atom is 0.326 e. The average Bonchev–Trinajstić information content (AvgIpc) is 2.86. The van der Waals surface area contributed by atoms with E-state index in [4.69, 9.17) is 5.73 Å². The first-order valence-corrected chi connectivity index (χ1v) is 11.6. The van der Waals surface area contributed by atoms with E-state index in [-0.39, 0.29) is 18.8 Å².